The molecule has 2 aliphatic heterocycles. The van der Waals surface area contributed by atoms with E-state index in [1.807, 2.05) is 0 Å². The van der Waals surface area contributed by atoms with E-state index in [-0.39, 0.29) is 0 Å². The molecule has 3 aromatic carbocycles. The smallest absolute Gasteiger partial charge is 0.0995 e. The maximum absolute atomic E-state index is 4.83. The van der Waals surface area contributed by atoms with Gasteiger partial charge in [0.25, 0.3) is 0 Å². The van der Waals surface area contributed by atoms with E-state index in [9.17, 15) is 0 Å². The Labute approximate surface area is 196 Å². The summed E-state index contributed by atoms with van der Waals surface area (Å²) in [5, 5.41) is 3.62. The second-order valence-electron chi connectivity index (χ2n) is 10.3. The number of hydrogen-bond donors (Lipinski definition) is 1. The van der Waals surface area contributed by atoms with Crippen LogP contribution >= 0.6 is 0 Å². The first-order valence-corrected chi connectivity index (χ1v) is 12.2. The number of hydrogen-bond acceptors (Lipinski definition) is 3. The Bertz CT molecular complexity index is 1330. The van der Waals surface area contributed by atoms with Crippen molar-refractivity contribution in [2.75, 3.05) is 6.54 Å². The second-order valence-corrected chi connectivity index (χ2v) is 10.3. The molecule has 1 aliphatic carbocycles. The molecule has 0 spiro atoms. The van der Waals surface area contributed by atoms with Crippen LogP contribution in [0.25, 0.3) is 22.3 Å². The van der Waals surface area contributed by atoms with Gasteiger partial charge in [-0.05, 0) is 69.0 Å². The van der Waals surface area contributed by atoms with Crippen LogP contribution in [-0.2, 0) is 12.8 Å². The van der Waals surface area contributed by atoms with E-state index in [1.165, 1.54) is 50.2 Å². The quantitative estimate of drug-likeness (QED) is 0.373. The molecule has 0 amide bonds. The van der Waals surface area contributed by atoms with E-state index in [4.69, 9.17) is 9.98 Å². The van der Waals surface area contributed by atoms with Crippen LogP contribution in [0.15, 0.2) is 64.6 Å². The lowest BCUT2D eigenvalue weighted by Gasteiger charge is -2.15. The van der Waals surface area contributed by atoms with Crippen molar-refractivity contribution >= 4 is 17.2 Å². The summed E-state index contributed by atoms with van der Waals surface area (Å²) in [6, 6.07) is 21.0. The predicted octanol–water partition coefficient (Wildman–Crippen LogP) is 6.91. The lowest BCUT2D eigenvalue weighted by atomic mass is 9.96. The van der Waals surface area contributed by atoms with Crippen LogP contribution in [0, 0.1) is 11.8 Å². The Kier molecular flexibility index (Phi) is 4.76. The molecular weight excluding hydrogens is 402 g/mol. The highest BCUT2D eigenvalue weighted by molar-refractivity contribution is 5.96. The van der Waals surface area contributed by atoms with Crippen molar-refractivity contribution in [1.29, 1.82) is 0 Å². The molecule has 3 aliphatic rings. The van der Waals surface area contributed by atoms with Crippen molar-refractivity contribution in [2.24, 2.45) is 21.8 Å². The fourth-order valence-electron chi connectivity index (χ4n) is 5.36. The Balaban J connectivity index is 1.25. The maximum atomic E-state index is 4.83. The van der Waals surface area contributed by atoms with Crippen molar-refractivity contribution < 1.29 is 0 Å². The molecule has 1 unspecified atom stereocenters. The predicted molar refractivity (Wildman–Crippen MR) is 139 cm³/mol. The number of amidine groups is 1. The van der Waals surface area contributed by atoms with E-state index in [1.54, 1.807) is 0 Å². The molecule has 0 radical (unpaired) electrons. The van der Waals surface area contributed by atoms with Crippen LogP contribution < -0.4 is 5.32 Å². The molecule has 3 heteroatoms. The van der Waals surface area contributed by atoms with Crippen LogP contribution in [0.3, 0.4) is 0 Å². The molecule has 33 heavy (non-hydrogen) atoms. The summed E-state index contributed by atoms with van der Waals surface area (Å²) < 4.78 is 0. The molecule has 0 saturated heterocycles. The SMILES string of the molecule is CC(C)C1=Nc2ccc(-c3ccc4c(c3)Cc3cc(C5CN=C(C(C)C)N5)ccc3-4)cc2C1. The fourth-order valence-corrected chi connectivity index (χ4v) is 5.36. The lowest BCUT2D eigenvalue weighted by Crippen LogP contribution is -2.26. The van der Waals surface area contributed by atoms with Crippen molar-refractivity contribution in [1.82, 2.24) is 5.32 Å². The molecule has 0 saturated carbocycles. The maximum Gasteiger partial charge on any atom is 0.0995 e. The van der Waals surface area contributed by atoms with Crippen molar-refractivity contribution in [3.63, 3.8) is 0 Å². The average molecular weight is 434 g/mol. The van der Waals surface area contributed by atoms with Gasteiger partial charge in [-0.3, -0.25) is 9.98 Å². The van der Waals surface area contributed by atoms with Crippen LogP contribution in [0.2, 0.25) is 0 Å². The molecule has 6 rings (SSSR count). The number of rotatable bonds is 4. The zero-order valence-electron chi connectivity index (χ0n) is 19.9. The summed E-state index contributed by atoms with van der Waals surface area (Å²) in [5.74, 6) is 2.09. The summed E-state index contributed by atoms with van der Waals surface area (Å²) in [5.41, 5.74) is 13.4. The van der Waals surface area contributed by atoms with Crippen molar-refractivity contribution in [3.8, 4) is 22.3 Å². The summed E-state index contributed by atoms with van der Waals surface area (Å²) in [7, 11) is 0. The topological polar surface area (TPSA) is 36.8 Å². The molecule has 1 atom stereocenters. The van der Waals surface area contributed by atoms with Gasteiger partial charge in [0.15, 0.2) is 0 Å². The van der Waals surface area contributed by atoms with Crippen LogP contribution in [-0.4, -0.2) is 18.1 Å². The minimum atomic E-state index is 0.302. The Morgan fingerprint density at radius 3 is 2.18 bits per heavy atom. The number of fused-ring (bicyclic) bond motifs is 4. The first-order chi connectivity index (χ1) is 16.0. The number of aliphatic imine (C=N–C) groups is 2. The Morgan fingerprint density at radius 1 is 0.758 bits per heavy atom. The summed E-state index contributed by atoms with van der Waals surface area (Å²) in [6.45, 7) is 9.69. The van der Waals surface area contributed by atoms with Gasteiger partial charge in [0, 0.05) is 18.1 Å². The summed E-state index contributed by atoms with van der Waals surface area (Å²) >= 11 is 0. The molecule has 0 fully saturated rings. The summed E-state index contributed by atoms with van der Waals surface area (Å²) in [4.78, 5) is 9.54. The molecule has 0 bridgehead atoms. The fraction of sp³-hybridized carbons (Fsp3) is 0.333. The van der Waals surface area contributed by atoms with Crippen LogP contribution in [0.1, 0.15) is 56.0 Å². The molecule has 3 nitrogen and oxygen atoms in total. The van der Waals surface area contributed by atoms with Crippen molar-refractivity contribution in [2.45, 2.75) is 46.6 Å². The Hall–Kier alpha value is -3.20. The number of nitrogens with one attached hydrogen (secondary N) is 1. The van der Waals surface area contributed by atoms with Gasteiger partial charge in [-0.2, -0.15) is 0 Å². The Morgan fingerprint density at radius 2 is 1.45 bits per heavy atom. The van der Waals surface area contributed by atoms with E-state index in [2.05, 4.69) is 87.6 Å². The van der Waals surface area contributed by atoms with Crippen molar-refractivity contribution in [3.05, 3.63) is 76.9 Å². The highest BCUT2D eigenvalue weighted by Crippen LogP contribution is 2.41. The second kappa shape index (κ2) is 7.69. The third-order valence-corrected chi connectivity index (χ3v) is 7.34. The van der Waals surface area contributed by atoms with Gasteiger partial charge in [0.05, 0.1) is 24.1 Å². The minimum absolute atomic E-state index is 0.302. The van der Waals surface area contributed by atoms with Gasteiger partial charge >= 0.3 is 0 Å². The lowest BCUT2D eigenvalue weighted by molar-refractivity contribution is 0.692. The third kappa shape index (κ3) is 3.51. The van der Waals surface area contributed by atoms with E-state index in [0.29, 0.717) is 17.9 Å². The van der Waals surface area contributed by atoms with Gasteiger partial charge < -0.3 is 5.32 Å². The largest absolute Gasteiger partial charge is 0.365 e. The van der Waals surface area contributed by atoms with Crippen LogP contribution in [0.5, 0.6) is 0 Å². The standard InChI is InChI=1S/C30H31N3/c1-17(2)28-15-24-12-20(7-10-27(24)32-28)19-5-8-25-22(11-19)14-23-13-21(6-9-26(23)25)29-16-31-30(33-29)18(3)4/h5-13,17-18,29H,14-16H2,1-4H3,(H,31,33). The molecule has 166 valence electrons. The molecule has 3 aromatic rings. The highest BCUT2D eigenvalue weighted by Gasteiger charge is 2.25. The number of nitrogens with zero attached hydrogens (tertiary/aromatic N) is 2. The zero-order chi connectivity index (χ0) is 22.7. The number of benzene rings is 3. The van der Waals surface area contributed by atoms with E-state index in [0.717, 1.165) is 30.9 Å². The third-order valence-electron chi connectivity index (χ3n) is 7.34. The first-order valence-electron chi connectivity index (χ1n) is 12.2. The summed E-state index contributed by atoms with van der Waals surface area (Å²) in [6.07, 6.45) is 1.99. The van der Waals surface area contributed by atoms with Gasteiger partial charge in [0.1, 0.15) is 0 Å². The van der Waals surface area contributed by atoms with Gasteiger partial charge in [-0.15, -0.1) is 0 Å². The minimum Gasteiger partial charge on any atom is -0.365 e. The zero-order valence-corrected chi connectivity index (χ0v) is 19.9. The van der Waals surface area contributed by atoms with E-state index >= 15 is 0 Å². The molecule has 2 heterocycles. The van der Waals surface area contributed by atoms with Gasteiger partial charge in [-0.25, -0.2) is 0 Å². The van der Waals surface area contributed by atoms with Gasteiger partial charge in [-0.1, -0.05) is 70.2 Å². The van der Waals surface area contributed by atoms with E-state index < -0.39 is 0 Å². The first kappa shape index (κ1) is 20.4. The molecule has 1 N–H and O–H groups in total. The van der Waals surface area contributed by atoms with Gasteiger partial charge in [0.2, 0.25) is 0 Å². The monoisotopic (exact) mass is 433 g/mol. The van der Waals surface area contributed by atoms with Crippen LogP contribution in [0.4, 0.5) is 5.69 Å². The molecular formula is C30H31N3. The highest BCUT2D eigenvalue weighted by atomic mass is 15.1. The molecule has 0 aromatic heterocycles. The average Bonchev–Trinajstić information content (AvgIpc) is 3.53. The normalized spacial score (nSPS) is 18.2.